The van der Waals surface area contributed by atoms with Crippen LogP contribution in [0.25, 0.3) is 11.3 Å². The maximum atomic E-state index is 13.4. The molecule has 0 bridgehead atoms. The Morgan fingerprint density at radius 3 is 2.54 bits per heavy atom. The van der Waals surface area contributed by atoms with E-state index in [4.69, 9.17) is 4.74 Å². The van der Waals surface area contributed by atoms with Gasteiger partial charge in [-0.3, -0.25) is 5.32 Å². The van der Waals surface area contributed by atoms with Crippen LogP contribution in [0.15, 0.2) is 48.8 Å². The normalized spacial score (nSPS) is 15.5. The summed E-state index contributed by atoms with van der Waals surface area (Å²) < 4.78 is 45.3. The Labute approximate surface area is 200 Å². The van der Waals surface area contributed by atoms with Crippen molar-refractivity contribution in [2.24, 2.45) is 0 Å². The number of hydrogen-bond donors (Lipinski definition) is 3. The molecule has 3 aromatic rings. The van der Waals surface area contributed by atoms with Gasteiger partial charge in [-0.05, 0) is 56.5 Å². The van der Waals surface area contributed by atoms with E-state index in [0.29, 0.717) is 24.4 Å². The zero-order valence-corrected chi connectivity index (χ0v) is 19.4. The number of halogens is 3. The molecule has 3 N–H and O–H groups in total. The van der Waals surface area contributed by atoms with E-state index >= 15 is 0 Å². The molecule has 1 heterocycles. The van der Waals surface area contributed by atoms with Crippen molar-refractivity contribution < 1.29 is 27.8 Å². The molecule has 0 radical (unpaired) electrons. The van der Waals surface area contributed by atoms with E-state index in [0.717, 1.165) is 28.9 Å². The number of fused-ring (bicyclic) bond motifs is 1. The van der Waals surface area contributed by atoms with Gasteiger partial charge in [0.1, 0.15) is 17.7 Å². The Kier molecular flexibility index (Phi) is 6.42. The van der Waals surface area contributed by atoms with E-state index in [9.17, 15) is 23.1 Å². The highest BCUT2D eigenvalue weighted by Crippen LogP contribution is 2.36. The van der Waals surface area contributed by atoms with Gasteiger partial charge in [-0.1, -0.05) is 18.2 Å². The lowest BCUT2D eigenvalue weighted by Crippen LogP contribution is -2.27. The number of aliphatic hydroxyl groups excluding tert-OH is 1. The second kappa shape index (κ2) is 9.18. The second-order valence-electron chi connectivity index (χ2n) is 9.30. The minimum Gasteiger partial charge on any atom is -0.444 e. The predicted octanol–water partition coefficient (Wildman–Crippen LogP) is 5.71. The second-order valence-corrected chi connectivity index (χ2v) is 9.30. The predicted molar refractivity (Wildman–Crippen MR) is 125 cm³/mol. The number of nitrogens with zero attached hydrogens (tertiary/aromatic N) is 2. The summed E-state index contributed by atoms with van der Waals surface area (Å²) in [5, 5.41) is 15.6. The molecule has 1 aliphatic rings. The minimum atomic E-state index is -4.60. The summed E-state index contributed by atoms with van der Waals surface area (Å²) in [6.07, 6.45) is -3.55. The van der Waals surface area contributed by atoms with E-state index in [1.54, 1.807) is 26.8 Å². The molecule has 0 saturated carbocycles. The average Bonchev–Trinajstić information content (AvgIpc) is 3.13. The van der Waals surface area contributed by atoms with Gasteiger partial charge in [-0.15, -0.1) is 0 Å². The average molecular weight is 486 g/mol. The fraction of sp³-hybridized carbons (Fsp3) is 0.320. The first-order valence-corrected chi connectivity index (χ1v) is 11.0. The van der Waals surface area contributed by atoms with E-state index in [-0.39, 0.29) is 11.3 Å². The summed E-state index contributed by atoms with van der Waals surface area (Å²) in [5.41, 5.74) is 1.54. The van der Waals surface area contributed by atoms with Crippen molar-refractivity contribution in [3.05, 3.63) is 65.5 Å². The lowest BCUT2D eigenvalue weighted by molar-refractivity contribution is -0.137. The molecule has 0 aliphatic heterocycles. The van der Waals surface area contributed by atoms with Gasteiger partial charge in [0, 0.05) is 23.7 Å². The first kappa shape index (κ1) is 24.5. The standard InChI is InChI=1S/C25H25F3N4O3/c1-24(2,3)35-23(34)32-21-10-15(25(26,27)28)7-8-17(21)20-12-22(30-13-29-20)31-19-6-4-5-14-9-16(33)11-18(14)19/h4-8,10,12-13,16,33H,9,11H2,1-3H3,(H,32,34)(H,29,30,31). The van der Waals surface area contributed by atoms with Crippen molar-refractivity contribution in [1.29, 1.82) is 0 Å². The van der Waals surface area contributed by atoms with Crippen molar-refractivity contribution in [3.8, 4) is 11.3 Å². The van der Waals surface area contributed by atoms with E-state index in [1.807, 2.05) is 18.2 Å². The number of alkyl halides is 3. The Morgan fingerprint density at radius 1 is 1.06 bits per heavy atom. The molecule has 1 unspecified atom stereocenters. The first-order valence-electron chi connectivity index (χ1n) is 11.0. The van der Waals surface area contributed by atoms with Crippen molar-refractivity contribution >= 4 is 23.3 Å². The highest BCUT2D eigenvalue weighted by molar-refractivity contribution is 5.91. The number of benzene rings is 2. The number of carbonyl (C=O) groups excluding carboxylic acids is 1. The molecule has 1 aliphatic carbocycles. The number of amides is 1. The summed E-state index contributed by atoms with van der Waals surface area (Å²) >= 11 is 0. The summed E-state index contributed by atoms with van der Waals surface area (Å²) in [4.78, 5) is 20.8. The third-order valence-electron chi connectivity index (χ3n) is 5.36. The summed E-state index contributed by atoms with van der Waals surface area (Å²) in [6, 6.07) is 10.3. The van der Waals surface area contributed by atoms with Crippen molar-refractivity contribution in [2.45, 2.75) is 51.5 Å². The van der Waals surface area contributed by atoms with Gasteiger partial charge in [0.15, 0.2) is 0 Å². The fourth-order valence-corrected chi connectivity index (χ4v) is 3.92. The molecule has 1 amide bonds. The SMILES string of the molecule is CC(C)(C)OC(=O)Nc1cc(C(F)(F)F)ccc1-c1cc(Nc2cccc3c2CC(O)C3)ncn1. The summed E-state index contributed by atoms with van der Waals surface area (Å²) in [5.74, 6) is 0.410. The number of aliphatic hydroxyl groups is 1. The van der Waals surface area contributed by atoms with Gasteiger partial charge in [-0.2, -0.15) is 13.2 Å². The van der Waals surface area contributed by atoms with Crippen LogP contribution in [0.2, 0.25) is 0 Å². The van der Waals surface area contributed by atoms with Gasteiger partial charge < -0.3 is 15.2 Å². The first-order chi connectivity index (χ1) is 16.4. The molecule has 35 heavy (non-hydrogen) atoms. The lowest BCUT2D eigenvalue weighted by atomic mass is 10.0. The van der Waals surface area contributed by atoms with Gasteiger partial charge >= 0.3 is 12.3 Å². The number of carbonyl (C=O) groups is 1. The maximum Gasteiger partial charge on any atom is 0.416 e. The molecule has 10 heteroatoms. The number of nitrogens with one attached hydrogen (secondary N) is 2. The monoisotopic (exact) mass is 486 g/mol. The molecule has 0 saturated heterocycles. The van der Waals surface area contributed by atoms with Crippen LogP contribution in [0.3, 0.4) is 0 Å². The van der Waals surface area contributed by atoms with Gasteiger partial charge in [0.2, 0.25) is 0 Å². The summed E-state index contributed by atoms with van der Waals surface area (Å²) in [7, 11) is 0. The number of rotatable bonds is 4. The highest BCUT2D eigenvalue weighted by atomic mass is 19.4. The molecule has 0 fully saturated rings. The molecule has 7 nitrogen and oxygen atoms in total. The number of ether oxygens (including phenoxy) is 1. The Hall–Kier alpha value is -3.66. The molecule has 184 valence electrons. The third kappa shape index (κ3) is 5.89. The lowest BCUT2D eigenvalue weighted by Gasteiger charge is -2.21. The quantitative estimate of drug-likeness (QED) is 0.437. The molecule has 1 atom stereocenters. The van der Waals surface area contributed by atoms with Gasteiger partial charge in [0.05, 0.1) is 23.0 Å². The van der Waals surface area contributed by atoms with Crippen LogP contribution in [0.1, 0.15) is 37.5 Å². The summed E-state index contributed by atoms with van der Waals surface area (Å²) in [6.45, 7) is 4.96. The van der Waals surface area contributed by atoms with Crippen molar-refractivity contribution in [1.82, 2.24) is 9.97 Å². The van der Waals surface area contributed by atoms with Crippen LogP contribution in [0, 0.1) is 0 Å². The maximum absolute atomic E-state index is 13.4. The number of anilines is 3. The Morgan fingerprint density at radius 2 is 1.83 bits per heavy atom. The Balaban J connectivity index is 1.68. The van der Waals surface area contributed by atoms with Crippen LogP contribution in [0.4, 0.5) is 35.2 Å². The van der Waals surface area contributed by atoms with Crippen molar-refractivity contribution in [3.63, 3.8) is 0 Å². The van der Waals surface area contributed by atoms with E-state index in [2.05, 4.69) is 20.6 Å². The third-order valence-corrected chi connectivity index (χ3v) is 5.36. The highest BCUT2D eigenvalue weighted by Gasteiger charge is 2.32. The number of aromatic nitrogens is 2. The minimum absolute atomic E-state index is 0.0950. The van der Waals surface area contributed by atoms with Crippen LogP contribution in [-0.4, -0.2) is 32.9 Å². The molecular formula is C25H25F3N4O3. The number of hydrogen-bond acceptors (Lipinski definition) is 6. The van der Waals surface area contributed by atoms with Crippen LogP contribution >= 0.6 is 0 Å². The van der Waals surface area contributed by atoms with Gasteiger partial charge in [-0.25, -0.2) is 14.8 Å². The zero-order valence-electron chi connectivity index (χ0n) is 19.4. The molecular weight excluding hydrogens is 461 g/mol. The van der Waals surface area contributed by atoms with Crippen LogP contribution in [-0.2, 0) is 23.8 Å². The molecule has 2 aromatic carbocycles. The van der Waals surface area contributed by atoms with Crippen LogP contribution in [0.5, 0.6) is 0 Å². The fourth-order valence-electron chi connectivity index (χ4n) is 3.92. The van der Waals surface area contributed by atoms with E-state index in [1.165, 1.54) is 12.4 Å². The van der Waals surface area contributed by atoms with Crippen LogP contribution < -0.4 is 10.6 Å². The molecule has 1 aromatic heterocycles. The molecule has 4 rings (SSSR count). The smallest absolute Gasteiger partial charge is 0.416 e. The largest absolute Gasteiger partial charge is 0.444 e. The topological polar surface area (TPSA) is 96.4 Å². The molecule has 0 spiro atoms. The Bertz CT molecular complexity index is 1260. The van der Waals surface area contributed by atoms with Crippen molar-refractivity contribution in [2.75, 3.05) is 10.6 Å². The zero-order chi connectivity index (χ0) is 25.4. The van der Waals surface area contributed by atoms with Gasteiger partial charge in [0.25, 0.3) is 0 Å². The van der Waals surface area contributed by atoms with E-state index < -0.39 is 29.5 Å².